The van der Waals surface area contributed by atoms with Crippen LogP contribution in [0.5, 0.6) is 0 Å². The summed E-state index contributed by atoms with van der Waals surface area (Å²) in [4.78, 5) is 58.8. The van der Waals surface area contributed by atoms with Crippen LogP contribution in [0, 0.1) is 5.92 Å². The fourth-order valence-corrected chi connectivity index (χ4v) is 8.25. The van der Waals surface area contributed by atoms with Crippen LogP contribution in [-0.2, 0) is 31.0 Å². The number of nitrogens with zero attached hydrogens (tertiary/aromatic N) is 4. The highest BCUT2D eigenvalue weighted by molar-refractivity contribution is 7.89. The third-order valence-corrected chi connectivity index (χ3v) is 10.5. The molecule has 2 aliphatic heterocycles. The number of halogens is 2. The normalized spacial score (nSPS) is 18.9. The lowest BCUT2D eigenvalue weighted by Gasteiger charge is -2.32. The summed E-state index contributed by atoms with van der Waals surface area (Å²) in [6, 6.07) is 3.16. The Bertz CT molecular complexity index is 1720. The van der Waals surface area contributed by atoms with Crippen LogP contribution in [-0.4, -0.2) is 86.8 Å². The molecule has 4 heterocycles. The van der Waals surface area contributed by atoms with Crippen molar-refractivity contribution < 1.29 is 27.9 Å². The van der Waals surface area contributed by atoms with Gasteiger partial charge < -0.3 is 20.3 Å². The molecule has 5 rings (SSSR count). The van der Waals surface area contributed by atoms with Gasteiger partial charge in [-0.25, -0.2) is 18.0 Å². The minimum atomic E-state index is -4.14. The number of carboxylic acid groups (broad SMARTS) is 1. The van der Waals surface area contributed by atoms with Crippen molar-refractivity contribution >= 4 is 62.0 Å². The second kappa shape index (κ2) is 13.3. The molecule has 2 fully saturated rings. The lowest BCUT2D eigenvalue weighted by Crippen LogP contribution is -2.51. The molecule has 2 aliphatic rings. The number of sulfonamides is 1. The summed E-state index contributed by atoms with van der Waals surface area (Å²) in [5, 5.41) is 12.5. The summed E-state index contributed by atoms with van der Waals surface area (Å²) in [5.41, 5.74) is 1.23. The zero-order valence-corrected chi connectivity index (χ0v) is 25.9. The third-order valence-electron chi connectivity index (χ3n) is 8.19. The van der Waals surface area contributed by atoms with Crippen LogP contribution in [0.25, 0.3) is 11.0 Å². The number of aromatic nitrogens is 3. The second-order valence-electron chi connectivity index (χ2n) is 11.1. The van der Waals surface area contributed by atoms with Gasteiger partial charge in [0.05, 0.1) is 22.1 Å². The molecular weight excluding hydrogens is 635 g/mol. The monoisotopic (exact) mass is 666 g/mol. The van der Waals surface area contributed by atoms with Crippen molar-refractivity contribution in [3.05, 3.63) is 57.2 Å². The molecule has 2 aromatic heterocycles. The first-order valence-corrected chi connectivity index (χ1v) is 16.4. The smallest absolute Gasteiger partial charge is 0.326 e. The van der Waals surface area contributed by atoms with Gasteiger partial charge >= 0.3 is 11.7 Å². The number of benzene rings is 1. The van der Waals surface area contributed by atoms with Gasteiger partial charge in [0.1, 0.15) is 12.1 Å². The molecule has 0 saturated carbocycles. The first kappa shape index (κ1) is 31.9. The number of fused-ring (bicyclic) bond motifs is 1. The van der Waals surface area contributed by atoms with Gasteiger partial charge in [0.2, 0.25) is 21.8 Å². The Morgan fingerprint density at radius 1 is 1.09 bits per heavy atom. The van der Waals surface area contributed by atoms with Gasteiger partial charge in [0, 0.05) is 48.8 Å². The van der Waals surface area contributed by atoms with Crippen molar-refractivity contribution in [1.29, 1.82) is 0 Å². The maximum atomic E-state index is 13.3. The Balaban J connectivity index is 1.14. The SMILES string of the molecule is O=C(O)[C@H](CCC(=O)N1CCC(Cn2c(=O)[nH]c3cnccc32)CC1)NC(=O)[C@H]1CCCN1S(=O)(=O)c1cc(Cl)cc(Cl)c1. The zero-order chi connectivity index (χ0) is 31.6. The van der Waals surface area contributed by atoms with Gasteiger partial charge in [0.25, 0.3) is 0 Å². The first-order valence-electron chi connectivity index (χ1n) is 14.3. The summed E-state index contributed by atoms with van der Waals surface area (Å²) in [5.74, 6) is -2.12. The quantitative estimate of drug-likeness (QED) is 0.296. The summed E-state index contributed by atoms with van der Waals surface area (Å²) < 4.78 is 29.3. The molecule has 3 aromatic rings. The number of hydrogen-bond acceptors (Lipinski definition) is 7. The van der Waals surface area contributed by atoms with Crippen LogP contribution in [0.2, 0.25) is 10.0 Å². The molecule has 236 valence electrons. The van der Waals surface area contributed by atoms with E-state index in [4.69, 9.17) is 23.2 Å². The van der Waals surface area contributed by atoms with Gasteiger partial charge in [-0.15, -0.1) is 0 Å². The number of hydrogen-bond donors (Lipinski definition) is 3. The molecule has 3 N–H and O–H groups in total. The highest BCUT2D eigenvalue weighted by atomic mass is 35.5. The maximum absolute atomic E-state index is 13.3. The standard InChI is InChI=1S/C28H32Cl2N6O7S/c29-18-12-19(30)14-20(13-18)44(42,43)36-9-1-2-24(36)26(38)32-21(27(39)40)3-4-25(37)34-10-6-17(7-11-34)16-35-23-5-8-31-15-22(23)33-28(35)41/h5,8,12-15,17,21,24H,1-4,6-7,9-11,16H2,(H,32,38)(H,33,41)(H,39,40)/t21-,24+/m0/s1. The molecule has 0 aliphatic carbocycles. The van der Waals surface area contributed by atoms with E-state index in [0.717, 1.165) is 9.82 Å². The van der Waals surface area contributed by atoms with Gasteiger partial charge in [0.15, 0.2) is 0 Å². The van der Waals surface area contributed by atoms with Crippen molar-refractivity contribution in [2.45, 2.75) is 62.0 Å². The fraction of sp³-hybridized carbons (Fsp3) is 0.464. The van der Waals surface area contributed by atoms with E-state index in [-0.39, 0.29) is 58.3 Å². The summed E-state index contributed by atoms with van der Waals surface area (Å²) in [6.45, 7) is 1.52. The minimum absolute atomic E-state index is 0.0723. The molecule has 0 bridgehead atoms. The second-order valence-corrected chi connectivity index (χ2v) is 13.8. The average Bonchev–Trinajstić information content (AvgIpc) is 3.60. The maximum Gasteiger partial charge on any atom is 0.326 e. The highest BCUT2D eigenvalue weighted by Gasteiger charge is 2.41. The number of rotatable bonds is 10. The molecule has 1 aromatic carbocycles. The van der Waals surface area contributed by atoms with Crippen LogP contribution in [0.4, 0.5) is 0 Å². The largest absolute Gasteiger partial charge is 0.480 e. The Morgan fingerprint density at radius 2 is 1.80 bits per heavy atom. The number of imidazole rings is 1. The average molecular weight is 668 g/mol. The van der Waals surface area contributed by atoms with E-state index in [2.05, 4.69) is 15.3 Å². The molecular formula is C28H32Cl2N6O7S. The first-order chi connectivity index (χ1) is 20.9. The van der Waals surface area contributed by atoms with Crippen LogP contribution in [0.1, 0.15) is 38.5 Å². The fourth-order valence-electron chi connectivity index (χ4n) is 5.87. The lowest BCUT2D eigenvalue weighted by atomic mass is 9.96. The number of amides is 2. The van der Waals surface area contributed by atoms with Gasteiger partial charge in [-0.3, -0.25) is 19.1 Å². The van der Waals surface area contributed by atoms with Crippen molar-refractivity contribution in [2.75, 3.05) is 19.6 Å². The van der Waals surface area contributed by atoms with Crippen molar-refractivity contribution in [3.8, 4) is 0 Å². The molecule has 44 heavy (non-hydrogen) atoms. The highest BCUT2D eigenvalue weighted by Crippen LogP contribution is 2.30. The number of H-pyrrole nitrogens is 1. The molecule has 2 atom stereocenters. The number of aliphatic carboxylic acids is 1. The zero-order valence-electron chi connectivity index (χ0n) is 23.6. The Labute approximate surface area is 263 Å². The Morgan fingerprint density at radius 3 is 2.48 bits per heavy atom. The number of nitrogens with one attached hydrogen (secondary N) is 2. The van der Waals surface area contributed by atoms with E-state index in [0.29, 0.717) is 44.4 Å². The Kier molecular flexibility index (Phi) is 9.63. The van der Waals surface area contributed by atoms with Crippen LogP contribution < -0.4 is 11.0 Å². The van der Waals surface area contributed by atoms with Crippen LogP contribution in [0.15, 0.2) is 46.3 Å². The van der Waals surface area contributed by atoms with E-state index in [1.165, 1.54) is 18.2 Å². The lowest BCUT2D eigenvalue weighted by molar-refractivity contribution is -0.143. The number of aromatic amines is 1. The van der Waals surface area contributed by atoms with Gasteiger partial charge in [-0.1, -0.05) is 23.2 Å². The summed E-state index contributed by atoms with van der Waals surface area (Å²) >= 11 is 12.0. The van der Waals surface area contributed by atoms with Crippen molar-refractivity contribution in [3.63, 3.8) is 0 Å². The number of likely N-dealkylation sites (tertiary alicyclic amines) is 1. The molecule has 0 unspecified atom stereocenters. The van der Waals surface area contributed by atoms with E-state index in [9.17, 15) is 32.7 Å². The predicted molar refractivity (Wildman–Crippen MR) is 162 cm³/mol. The molecule has 0 spiro atoms. The molecule has 16 heteroatoms. The molecule has 13 nitrogen and oxygen atoms in total. The minimum Gasteiger partial charge on any atom is -0.480 e. The number of piperidine rings is 1. The Hall–Kier alpha value is -3.46. The molecule has 2 saturated heterocycles. The van der Waals surface area contributed by atoms with Crippen LogP contribution in [0.3, 0.4) is 0 Å². The topological polar surface area (TPSA) is 175 Å². The van der Waals surface area contributed by atoms with E-state index >= 15 is 0 Å². The number of pyridine rings is 1. The van der Waals surface area contributed by atoms with E-state index in [1.807, 2.05) is 0 Å². The van der Waals surface area contributed by atoms with Crippen molar-refractivity contribution in [1.82, 2.24) is 29.1 Å². The third kappa shape index (κ3) is 6.93. The number of carboxylic acids is 1. The predicted octanol–water partition coefficient (Wildman–Crippen LogP) is 2.47. The molecule has 0 radical (unpaired) electrons. The van der Waals surface area contributed by atoms with Gasteiger partial charge in [-0.05, 0) is 62.3 Å². The van der Waals surface area contributed by atoms with E-state index < -0.39 is 34.0 Å². The number of carbonyl (C=O) groups is 3. The van der Waals surface area contributed by atoms with Gasteiger partial charge in [-0.2, -0.15) is 4.31 Å². The summed E-state index contributed by atoms with van der Waals surface area (Å²) in [6.07, 6.45) is 4.95. The number of carbonyl (C=O) groups excluding carboxylic acids is 2. The van der Waals surface area contributed by atoms with Crippen molar-refractivity contribution in [2.24, 2.45) is 5.92 Å². The van der Waals surface area contributed by atoms with E-state index in [1.54, 1.807) is 27.9 Å². The summed E-state index contributed by atoms with van der Waals surface area (Å²) in [7, 11) is -4.14. The van der Waals surface area contributed by atoms with Crippen LogP contribution >= 0.6 is 23.2 Å². The molecule has 2 amide bonds.